The van der Waals surface area contributed by atoms with Crippen LogP contribution in [0.2, 0.25) is 0 Å². The molecule has 2 heterocycles. The lowest BCUT2D eigenvalue weighted by Crippen LogP contribution is -2.35. The Morgan fingerprint density at radius 2 is 1.88 bits per heavy atom. The number of para-hydroxylation sites is 1. The molecule has 1 atom stereocenters. The quantitative estimate of drug-likeness (QED) is 0.229. The first kappa shape index (κ1) is 20.2. The van der Waals surface area contributed by atoms with Crippen molar-refractivity contribution >= 4 is 16.6 Å². The Bertz CT molecular complexity index is 1270. The lowest BCUT2D eigenvalue weighted by molar-refractivity contribution is 0.202. The number of hydrogen-bond donors (Lipinski definition) is 3. The molecular formula is C26H26N6. The number of H-pyrrole nitrogens is 1. The molecule has 1 aliphatic rings. The van der Waals surface area contributed by atoms with Gasteiger partial charge in [0.2, 0.25) is 0 Å². The zero-order valence-electron chi connectivity index (χ0n) is 17.8. The second-order valence-corrected chi connectivity index (χ2v) is 8.07. The molecular weight excluding hydrogens is 396 g/mol. The summed E-state index contributed by atoms with van der Waals surface area (Å²) in [6.45, 7) is 5.90. The molecule has 160 valence electrons. The molecule has 0 saturated heterocycles. The Kier molecular flexibility index (Phi) is 5.54. The summed E-state index contributed by atoms with van der Waals surface area (Å²) >= 11 is 0. The first-order valence-corrected chi connectivity index (χ1v) is 10.8. The Morgan fingerprint density at radius 1 is 1.06 bits per heavy atom. The number of aromatic amines is 1. The lowest BCUT2D eigenvalue weighted by atomic mass is 9.91. The van der Waals surface area contributed by atoms with E-state index in [2.05, 4.69) is 105 Å². The van der Waals surface area contributed by atoms with Gasteiger partial charge in [-0.25, -0.2) is 11.4 Å². The predicted molar refractivity (Wildman–Crippen MR) is 128 cm³/mol. The molecule has 4 aromatic rings. The Hall–Kier alpha value is -3.74. The van der Waals surface area contributed by atoms with Crippen molar-refractivity contribution in [2.75, 3.05) is 6.54 Å². The van der Waals surface area contributed by atoms with Crippen LogP contribution in [0.4, 0.5) is 0 Å². The number of hydrazine groups is 1. The van der Waals surface area contributed by atoms with E-state index in [9.17, 15) is 0 Å². The minimum absolute atomic E-state index is 0.101. The standard InChI is InChI=1S/C26H26N6/c1-18(29-31-30-27)20-10-7-11-21(16-20)26-25-23(22-12-5-6-13-24(22)28-25)14-15-32(26)17-19-8-3-2-4-9-19/h2-13,16,26,28H,1,14-15,17H2,(H2,27,31)(H,29,30). The van der Waals surface area contributed by atoms with E-state index in [1.54, 1.807) is 0 Å². The molecule has 32 heavy (non-hydrogen) atoms. The van der Waals surface area contributed by atoms with Gasteiger partial charge in [0, 0.05) is 35.2 Å². The maximum absolute atomic E-state index is 5.22. The van der Waals surface area contributed by atoms with Crippen LogP contribution >= 0.6 is 0 Å². The molecule has 5 rings (SSSR count). The third kappa shape index (κ3) is 3.82. The fourth-order valence-corrected chi connectivity index (χ4v) is 4.69. The number of hydrogen-bond acceptors (Lipinski definition) is 4. The van der Waals surface area contributed by atoms with E-state index in [0.717, 1.165) is 25.1 Å². The van der Waals surface area contributed by atoms with Crippen LogP contribution in [0.25, 0.3) is 16.6 Å². The van der Waals surface area contributed by atoms with E-state index in [4.69, 9.17) is 5.84 Å². The maximum Gasteiger partial charge on any atom is 0.0875 e. The summed E-state index contributed by atoms with van der Waals surface area (Å²) < 4.78 is 0. The minimum atomic E-state index is 0.101. The topological polar surface area (TPSA) is 81.8 Å². The van der Waals surface area contributed by atoms with Gasteiger partial charge in [0.1, 0.15) is 0 Å². The van der Waals surface area contributed by atoms with Crippen molar-refractivity contribution in [2.45, 2.75) is 19.0 Å². The highest BCUT2D eigenvalue weighted by molar-refractivity contribution is 5.85. The van der Waals surface area contributed by atoms with E-state index >= 15 is 0 Å². The van der Waals surface area contributed by atoms with Crippen LogP contribution in [-0.4, -0.2) is 16.4 Å². The van der Waals surface area contributed by atoms with E-state index in [1.165, 1.54) is 33.3 Å². The zero-order chi connectivity index (χ0) is 21.9. The van der Waals surface area contributed by atoms with Crippen LogP contribution in [0, 0.1) is 0 Å². The molecule has 1 unspecified atom stereocenters. The van der Waals surface area contributed by atoms with E-state index < -0.39 is 0 Å². The average molecular weight is 423 g/mol. The number of rotatable bonds is 6. The minimum Gasteiger partial charge on any atom is -0.357 e. The molecule has 0 radical (unpaired) electrons. The molecule has 0 saturated carbocycles. The second-order valence-electron chi connectivity index (χ2n) is 8.07. The van der Waals surface area contributed by atoms with Gasteiger partial charge < -0.3 is 4.98 Å². The van der Waals surface area contributed by atoms with Crippen molar-refractivity contribution in [3.8, 4) is 0 Å². The van der Waals surface area contributed by atoms with Gasteiger partial charge in [-0.2, -0.15) is 0 Å². The monoisotopic (exact) mass is 422 g/mol. The largest absolute Gasteiger partial charge is 0.357 e. The van der Waals surface area contributed by atoms with Crippen LogP contribution in [0.3, 0.4) is 0 Å². The number of fused-ring (bicyclic) bond motifs is 3. The Morgan fingerprint density at radius 3 is 2.72 bits per heavy atom. The van der Waals surface area contributed by atoms with Gasteiger partial charge in [-0.3, -0.25) is 4.90 Å². The maximum atomic E-state index is 5.22. The highest BCUT2D eigenvalue weighted by atomic mass is 15.5. The molecule has 1 aliphatic heterocycles. The second kappa shape index (κ2) is 8.78. The average Bonchev–Trinajstić information content (AvgIpc) is 3.21. The van der Waals surface area contributed by atoms with Crippen LogP contribution in [0.1, 0.15) is 34.0 Å². The number of aromatic nitrogens is 1. The molecule has 6 nitrogen and oxygen atoms in total. The van der Waals surface area contributed by atoms with Gasteiger partial charge in [0.15, 0.2) is 0 Å². The van der Waals surface area contributed by atoms with Gasteiger partial charge in [0.05, 0.1) is 11.7 Å². The van der Waals surface area contributed by atoms with Crippen molar-refractivity contribution in [2.24, 2.45) is 16.2 Å². The van der Waals surface area contributed by atoms with Crippen molar-refractivity contribution in [1.82, 2.24) is 15.4 Å². The first-order valence-electron chi connectivity index (χ1n) is 10.8. The van der Waals surface area contributed by atoms with Crippen molar-refractivity contribution < 1.29 is 0 Å². The first-order chi connectivity index (χ1) is 15.7. The molecule has 0 fully saturated rings. The predicted octanol–water partition coefficient (Wildman–Crippen LogP) is 5.12. The summed E-state index contributed by atoms with van der Waals surface area (Å²) in [5, 5.41) is 9.02. The van der Waals surface area contributed by atoms with E-state index in [-0.39, 0.29) is 6.04 Å². The number of nitrogens with zero attached hydrogens (tertiary/aromatic N) is 3. The van der Waals surface area contributed by atoms with E-state index in [0.29, 0.717) is 5.70 Å². The van der Waals surface area contributed by atoms with Gasteiger partial charge >= 0.3 is 0 Å². The Balaban J connectivity index is 1.60. The van der Waals surface area contributed by atoms with Crippen molar-refractivity contribution in [1.29, 1.82) is 0 Å². The molecule has 6 heteroatoms. The summed E-state index contributed by atoms with van der Waals surface area (Å²) in [6.07, 6.45) is 1.02. The number of benzene rings is 3. The molecule has 0 amide bonds. The van der Waals surface area contributed by atoms with Crippen LogP contribution in [0.15, 0.2) is 95.8 Å². The van der Waals surface area contributed by atoms with Crippen LogP contribution < -0.4 is 11.4 Å². The highest BCUT2D eigenvalue weighted by Crippen LogP contribution is 2.39. The zero-order valence-corrected chi connectivity index (χ0v) is 17.8. The SMILES string of the molecule is C=C(/N=N\NN)c1cccc(C2c3[nH]c4ccccc4c3CCN2Cc2ccccc2)c1. The summed E-state index contributed by atoms with van der Waals surface area (Å²) in [5.74, 6) is 5.22. The van der Waals surface area contributed by atoms with Gasteiger partial charge in [-0.15, -0.1) is 5.11 Å². The third-order valence-corrected chi connectivity index (χ3v) is 6.13. The fourth-order valence-electron chi connectivity index (χ4n) is 4.69. The summed E-state index contributed by atoms with van der Waals surface area (Å²) in [5.41, 5.74) is 10.0. The molecule has 0 bridgehead atoms. The lowest BCUT2D eigenvalue weighted by Gasteiger charge is -2.36. The van der Waals surface area contributed by atoms with Crippen LogP contribution in [-0.2, 0) is 13.0 Å². The van der Waals surface area contributed by atoms with E-state index in [1.807, 2.05) is 6.07 Å². The smallest absolute Gasteiger partial charge is 0.0875 e. The van der Waals surface area contributed by atoms with Crippen molar-refractivity contribution in [3.63, 3.8) is 0 Å². The summed E-state index contributed by atoms with van der Waals surface area (Å²) in [7, 11) is 0. The van der Waals surface area contributed by atoms with Gasteiger partial charge in [-0.1, -0.05) is 78.5 Å². The third-order valence-electron chi connectivity index (χ3n) is 6.13. The summed E-state index contributed by atoms with van der Waals surface area (Å²) in [6, 6.07) is 27.7. The number of nitrogens with one attached hydrogen (secondary N) is 2. The fraction of sp³-hybridized carbons (Fsp3) is 0.154. The number of nitrogens with two attached hydrogens (primary N) is 1. The van der Waals surface area contributed by atoms with Gasteiger partial charge in [0.25, 0.3) is 0 Å². The highest BCUT2D eigenvalue weighted by Gasteiger charge is 2.31. The van der Waals surface area contributed by atoms with Gasteiger partial charge in [-0.05, 0) is 35.2 Å². The molecule has 4 N–H and O–H groups in total. The van der Waals surface area contributed by atoms with Crippen LogP contribution in [0.5, 0.6) is 0 Å². The summed E-state index contributed by atoms with van der Waals surface area (Å²) in [4.78, 5) is 6.27. The van der Waals surface area contributed by atoms with Crippen molar-refractivity contribution in [3.05, 3.63) is 113 Å². The molecule has 0 spiro atoms. The normalized spacial score (nSPS) is 16.3. The Labute approximate surface area is 187 Å². The molecule has 0 aliphatic carbocycles. The molecule has 3 aromatic carbocycles. The molecule has 1 aromatic heterocycles.